The van der Waals surface area contributed by atoms with Crippen LogP contribution >= 0.6 is 11.6 Å². The van der Waals surface area contributed by atoms with Gasteiger partial charge in [0.25, 0.3) is 0 Å². The second-order valence-electron chi connectivity index (χ2n) is 6.79. The Morgan fingerprint density at radius 3 is 2.69 bits per heavy atom. The van der Waals surface area contributed by atoms with Crippen molar-refractivity contribution in [1.82, 2.24) is 9.78 Å². The second kappa shape index (κ2) is 7.45. The molecular weight excluding hydrogens is 401 g/mol. The zero-order valence-corrected chi connectivity index (χ0v) is 16.0. The standard InChI is InChI=1S/C21H16ClF3N4/c22-17-9-8-14(21(23,24)25)11-16(17)19-15-6-3-4-10-27-20(15)29(28-19)18-7-2-1-5-13(18)12-26/h1-2,5,7-9,11,27H,3-4,6,10H2. The Morgan fingerprint density at radius 1 is 1.14 bits per heavy atom. The number of hydrogen-bond donors (Lipinski definition) is 1. The second-order valence-corrected chi connectivity index (χ2v) is 7.20. The van der Waals surface area contributed by atoms with Crippen molar-refractivity contribution in [1.29, 1.82) is 5.26 Å². The van der Waals surface area contributed by atoms with E-state index >= 15 is 0 Å². The first-order valence-electron chi connectivity index (χ1n) is 9.12. The molecule has 29 heavy (non-hydrogen) atoms. The van der Waals surface area contributed by atoms with E-state index < -0.39 is 11.7 Å². The first kappa shape index (κ1) is 19.3. The van der Waals surface area contributed by atoms with Crippen LogP contribution in [0, 0.1) is 11.3 Å². The summed E-state index contributed by atoms with van der Waals surface area (Å²) in [6.45, 7) is 0.711. The Labute approximate surface area is 170 Å². The van der Waals surface area contributed by atoms with Gasteiger partial charge < -0.3 is 5.32 Å². The van der Waals surface area contributed by atoms with Crippen molar-refractivity contribution < 1.29 is 13.2 Å². The Balaban J connectivity index is 1.97. The van der Waals surface area contributed by atoms with E-state index in [2.05, 4.69) is 16.5 Å². The molecule has 0 fully saturated rings. The molecule has 0 amide bonds. The molecule has 0 spiro atoms. The van der Waals surface area contributed by atoms with Gasteiger partial charge in [-0.1, -0.05) is 23.7 Å². The van der Waals surface area contributed by atoms with Gasteiger partial charge in [-0.2, -0.15) is 23.5 Å². The normalized spacial score (nSPS) is 13.9. The number of aromatic nitrogens is 2. The summed E-state index contributed by atoms with van der Waals surface area (Å²) in [7, 11) is 0. The maximum Gasteiger partial charge on any atom is 0.416 e. The number of alkyl halides is 3. The number of rotatable bonds is 2. The first-order chi connectivity index (χ1) is 13.9. The highest BCUT2D eigenvalue weighted by molar-refractivity contribution is 6.33. The average molecular weight is 417 g/mol. The van der Waals surface area contributed by atoms with E-state index in [4.69, 9.17) is 11.6 Å². The molecule has 0 saturated carbocycles. The zero-order chi connectivity index (χ0) is 20.6. The molecular formula is C21H16ClF3N4. The molecule has 0 saturated heterocycles. The van der Waals surface area contributed by atoms with Gasteiger partial charge >= 0.3 is 6.18 Å². The fourth-order valence-electron chi connectivity index (χ4n) is 3.53. The van der Waals surface area contributed by atoms with E-state index in [1.54, 1.807) is 28.9 Å². The Hall–Kier alpha value is -2.98. The molecule has 3 aromatic rings. The molecule has 1 aliphatic heterocycles. The van der Waals surface area contributed by atoms with E-state index in [-0.39, 0.29) is 10.6 Å². The van der Waals surface area contributed by atoms with Crippen LogP contribution in [0.25, 0.3) is 16.9 Å². The number of nitrogens with zero attached hydrogens (tertiary/aromatic N) is 3. The number of fused-ring (bicyclic) bond motifs is 1. The Kier molecular flexibility index (Phi) is 4.97. The lowest BCUT2D eigenvalue weighted by molar-refractivity contribution is -0.137. The highest BCUT2D eigenvalue weighted by Crippen LogP contribution is 2.40. The van der Waals surface area contributed by atoms with Gasteiger partial charge in [-0.05, 0) is 49.6 Å². The van der Waals surface area contributed by atoms with E-state index in [1.807, 2.05) is 0 Å². The highest BCUT2D eigenvalue weighted by Gasteiger charge is 2.32. The minimum absolute atomic E-state index is 0.197. The third kappa shape index (κ3) is 3.56. The van der Waals surface area contributed by atoms with Crippen molar-refractivity contribution in [2.24, 2.45) is 0 Å². The van der Waals surface area contributed by atoms with E-state index in [9.17, 15) is 18.4 Å². The van der Waals surface area contributed by atoms with Crippen molar-refractivity contribution >= 4 is 17.4 Å². The van der Waals surface area contributed by atoms with Crippen molar-refractivity contribution in [2.75, 3.05) is 11.9 Å². The third-order valence-electron chi connectivity index (χ3n) is 4.93. The maximum atomic E-state index is 13.3. The fraction of sp³-hybridized carbons (Fsp3) is 0.238. The van der Waals surface area contributed by atoms with Crippen LogP contribution in [0.1, 0.15) is 29.5 Å². The SMILES string of the molecule is N#Cc1ccccc1-n1nc(-c2cc(C(F)(F)F)ccc2Cl)c2c1NCCCC2. The largest absolute Gasteiger partial charge is 0.416 e. The summed E-state index contributed by atoms with van der Waals surface area (Å²) >= 11 is 6.29. The summed E-state index contributed by atoms with van der Waals surface area (Å²) in [6, 6.07) is 12.4. The molecule has 0 aliphatic carbocycles. The van der Waals surface area contributed by atoms with Crippen LogP contribution in [0.2, 0.25) is 5.02 Å². The monoisotopic (exact) mass is 416 g/mol. The summed E-state index contributed by atoms with van der Waals surface area (Å²) in [5.41, 5.74) is 1.64. The quantitative estimate of drug-likeness (QED) is 0.571. The van der Waals surface area contributed by atoms with Crippen molar-refractivity contribution in [3.63, 3.8) is 0 Å². The van der Waals surface area contributed by atoms with E-state index in [0.29, 0.717) is 35.7 Å². The van der Waals surface area contributed by atoms with E-state index in [0.717, 1.165) is 30.5 Å². The molecule has 8 heteroatoms. The van der Waals surface area contributed by atoms with Crippen LogP contribution in [0.5, 0.6) is 0 Å². The minimum Gasteiger partial charge on any atom is -0.370 e. The molecule has 1 N–H and O–H groups in total. The number of hydrogen-bond acceptors (Lipinski definition) is 3. The lowest BCUT2D eigenvalue weighted by atomic mass is 10.0. The Morgan fingerprint density at radius 2 is 1.93 bits per heavy atom. The Bertz CT molecular complexity index is 1110. The summed E-state index contributed by atoms with van der Waals surface area (Å²) < 4.78 is 41.4. The number of nitrogens with one attached hydrogen (secondary N) is 1. The number of halogens is 4. The lowest BCUT2D eigenvalue weighted by Crippen LogP contribution is -2.08. The van der Waals surface area contributed by atoms with Crippen LogP contribution in [-0.2, 0) is 12.6 Å². The molecule has 0 atom stereocenters. The van der Waals surface area contributed by atoms with Crippen LogP contribution in [0.4, 0.5) is 19.0 Å². The minimum atomic E-state index is -4.48. The summed E-state index contributed by atoms with van der Waals surface area (Å²) in [6.07, 6.45) is -2.04. The van der Waals surface area contributed by atoms with Gasteiger partial charge in [-0.15, -0.1) is 0 Å². The van der Waals surface area contributed by atoms with Crippen LogP contribution < -0.4 is 5.32 Å². The van der Waals surface area contributed by atoms with Gasteiger partial charge in [0.15, 0.2) is 0 Å². The smallest absolute Gasteiger partial charge is 0.370 e. The number of para-hydroxylation sites is 1. The lowest BCUT2D eigenvalue weighted by Gasteiger charge is -2.10. The van der Waals surface area contributed by atoms with Crippen LogP contribution in [0.15, 0.2) is 42.5 Å². The topological polar surface area (TPSA) is 53.6 Å². The number of nitriles is 1. The molecule has 4 nitrogen and oxygen atoms in total. The first-order valence-corrected chi connectivity index (χ1v) is 9.50. The molecule has 0 unspecified atom stereocenters. The van der Waals surface area contributed by atoms with Gasteiger partial charge in [0.1, 0.15) is 11.9 Å². The third-order valence-corrected chi connectivity index (χ3v) is 5.26. The predicted octanol–water partition coefficient (Wildman–Crippen LogP) is 5.83. The molecule has 2 heterocycles. The highest BCUT2D eigenvalue weighted by atomic mass is 35.5. The molecule has 1 aliphatic rings. The predicted molar refractivity (Wildman–Crippen MR) is 105 cm³/mol. The van der Waals surface area contributed by atoms with Gasteiger partial charge in [0, 0.05) is 17.7 Å². The van der Waals surface area contributed by atoms with Crippen molar-refractivity contribution in [3.05, 3.63) is 64.2 Å². The molecule has 0 bridgehead atoms. The average Bonchev–Trinajstić information content (AvgIpc) is 2.88. The van der Waals surface area contributed by atoms with Crippen LogP contribution in [0.3, 0.4) is 0 Å². The summed E-state index contributed by atoms with van der Waals surface area (Å²) in [5, 5.41) is 17.6. The van der Waals surface area contributed by atoms with Gasteiger partial charge in [-0.25, -0.2) is 4.68 Å². The molecule has 2 aromatic carbocycles. The van der Waals surface area contributed by atoms with Crippen molar-refractivity contribution in [2.45, 2.75) is 25.4 Å². The molecule has 4 rings (SSSR count). The van der Waals surface area contributed by atoms with Crippen molar-refractivity contribution in [3.8, 4) is 23.0 Å². The zero-order valence-electron chi connectivity index (χ0n) is 15.2. The van der Waals surface area contributed by atoms with Crippen LogP contribution in [-0.4, -0.2) is 16.3 Å². The number of benzene rings is 2. The summed E-state index contributed by atoms with van der Waals surface area (Å²) in [5.74, 6) is 0.689. The van der Waals surface area contributed by atoms with E-state index in [1.165, 1.54) is 6.07 Å². The van der Waals surface area contributed by atoms with Gasteiger partial charge in [-0.3, -0.25) is 0 Å². The number of anilines is 1. The molecule has 1 aromatic heterocycles. The van der Waals surface area contributed by atoms with Gasteiger partial charge in [0.2, 0.25) is 0 Å². The fourth-order valence-corrected chi connectivity index (χ4v) is 3.74. The molecule has 0 radical (unpaired) electrons. The maximum absolute atomic E-state index is 13.3. The van der Waals surface area contributed by atoms with Gasteiger partial charge in [0.05, 0.1) is 27.5 Å². The molecule has 148 valence electrons. The summed E-state index contributed by atoms with van der Waals surface area (Å²) in [4.78, 5) is 0.